The van der Waals surface area contributed by atoms with E-state index in [1.807, 2.05) is 0 Å². The summed E-state index contributed by atoms with van der Waals surface area (Å²) >= 11 is 5.91. The van der Waals surface area contributed by atoms with Crippen molar-refractivity contribution in [2.24, 2.45) is 0 Å². The van der Waals surface area contributed by atoms with Gasteiger partial charge in [0.25, 0.3) is 0 Å². The number of anilines is 1. The number of para-hydroxylation sites is 1. The lowest BCUT2D eigenvalue weighted by Gasteiger charge is -2.14. The van der Waals surface area contributed by atoms with Crippen molar-refractivity contribution in [1.29, 1.82) is 0 Å². The molecule has 0 radical (unpaired) electrons. The van der Waals surface area contributed by atoms with Gasteiger partial charge in [-0.05, 0) is 19.1 Å². The number of amides is 2. The molecule has 1 atom stereocenters. The van der Waals surface area contributed by atoms with Gasteiger partial charge in [0, 0.05) is 0 Å². The number of carbonyl (C=O) groups excluding carboxylic acids is 1. The average molecular weight is 259 g/mol. The van der Waals surface area contributed by atoms with Crippen LogP contribution in [0.25, 0.3) is 0 Å². The lowest BCUT2D eigenvalue weighted by molar-refractivity contribution is 0.229. The van der Waals surface area contributed by atoms with Gasteiger partial charge in [-0.25, -0.2) is 4.79 Å². The molecular formula is C11H15ClN2O3. The highest BCUT2D eigenvalue weighted by Crippen LogP contribution is 2.32. The van der Waals surface area contributed by atoms with Crippen molar-refractivity contribution >= 4 is 23.3 Å². The van der Waals surface area contributed by atoms with Gasteiger partial charge >= 0.3 is 6.03 Å². The summed E-state index contributed by atoms with van der Waals surface area (Å²) in [5, 5.41) is 14.4. The van der Waals surface area contributed by atoms with Gasteiger partial charge < -0.3 is 20.5 Å². The Morgan fingerprint density at radius 3 is 2.88 bits per heavy atom. The number of hydrogen-bond acceptors (Lipinski definition) is 3. The van der Waals surface area contributed by atoms with E-state index < -0.39 is 6.03 Å². The Balaban J connectivity index is 2.74. The number of urea groups is 1. The van der Waals surface area contributed by atoms with E-state index in [1.165, 1.54) is 7.11 Å². The van der Waals surface area contributed by atoms with Crippen LogP contribution in [0.3, 0.4) is 0 Å². The number of methoxy groups -OCH3 is 1. The maximum atomic E-state index is 11.5. The molecule has 1 aromatic rings. The Morgan fingerprint density at radius 2 is 2.29 bits per heavy atom. The molecule has 5 nitrogen and oxygen atoms in total. The molecule has 2 amide bonds. The van der Waals surface area contributed by atoms with E-state index in [-0.39, 0.29) is 12.6 Å². The van der Waals surface area contributed by atoms with Crippen LogP contribution in [0.15, 0.2) is 18.2 Å². The molecule has 3 N–H and O–H groups in total. The highest BCUT2D eigenvalue weighted by atomic mass is 35.5. The number of aliphatic hydroxyl groups is 1. The molecule has 0 bridgehead atoms. The molecule has 0 saturated heterocycles. The van der Waals surface area contributed by atoms with Crippen LogP contribution < -0.4 is 15.4 Å². The second kappa shape index (κ2) is 6.32. The molecule has 94 valence electrons. The molecule has 6 heteroatoms. The van der Waals surface area contributed by atoms with Gasteiger partial charge in [-0.3, -0.25) is 0 Å². The molecule has 0 aromatic heterocycles. The molecular weight excluding hydrogens is 244 g/mol. The summed E-state index contributed by atoms with van der Waals surface area (Å²) in [7, 11) is 1.47. The fourth-order valence-electron chi connectivity index (χ4n) is 1.24. The zero-order chi connectivity index (χ0) is 12.8. The predicted octanol–water partition coefficient (Wildman–Crippen LogP) is 1.85. The summed E-state index contributed by atoms with van der Waals surface area (Å²) in [4.78, 5) is 11.5. The zero-order valence-electron chi connectivity index (χ0n) is 9.66. The number of benzene rings is 1. The molecule has 0 aliphatic rings. The lowest BCUT2D eigenvalue weighted by atomic mass is 10.3. The van der Waals surface area contributed by atoms with E-state index in [9.17, 15) is 4.79 Å². The lowest BCUT2D eigenvalue weighted by Crippen LogP contribution is -2.38. The number of aliphatic hydroxyl groups excluding tert-OH is 1. The number of hydrogen-bond donors (Lipinski definition) is 3. The Bertz CT molecular complexity index is 398. The second-order valence-corrected chi connectivity index (χ2v) is 3.91. The molecule has 0 aliphatic heterocycles. The highest BCUT2D eigenvalue weighted by Gasteiger charge is 2.11. The van der Waals surface area contributed by atoms with Crippen LogP contribution in [0.4, 0.5) is 10.5 Å². The number of halogens is 1. The van der Waals surface area contributed by atoms with Gasteiger partial charge in [-0.1, -0.05) is 17.7 Å². The number of rotatable bonds is 4. The molecule has 1 aromatic carbocycles. The van der Waals surface area contributed by atoms with Crippen molar-refractivity contribution in [1.82, 2.24) is 5.32 Å². The van der Waals surface area contributed by atoms with E-state index >= 15 is 0 Å². The normalized spacial score (nSPS) is 11.8. The minimum atomic E-state index is -0.424. The third-order valence-corrected chi connectivity index (χ3v) is 2.37. The number of carbonyl (C=O) groups is 1. The molecule has 0 fully saturated rings. The topological polar surface area (TPSA) is 70.6 Å². The maximum Gasteiger partial charge on any atom is 0.319 e. The fraction of sp³-hybridized carbons (Fsp3) is 0.364. The quantitative estimate of drug-likeness (QED) is 0.772. The largest absolute Gasteiger partial charge is 0.493 e. The molecule has 1 rings (SSSR count). The van der Waals surface area contributed by atoms with Crippen molar-refractivity contribution in [3.63, 3.8) is 0 Å². The highest BCUT2D eigenvalue weighted by molar-refractivity contribution is 6.32. The van der Waals surface area contributed by atoms with Crippen LogP contribution in [0, 0.1) is 0 Å². The Kier molecular flexibility index (Phi) is 5.06. The summed E-state index contributed by atoms with van der Waals surface area (Å²) in [6.45, 7) is 1.56. The molecule has 1 unspecified atom stereocenters. The smallest absolute Gasteiger partial charge is 0.319 e. The van der Waals surface area contributed by atoms with Crippen LogP contribution in [0.1, 0.15) is 6.92 Å². The van der Waals surface area contributed by atoms with Crippen LogP contribution in [0.5, 0.6) is 5.75 Å². The third-order valence-electron chi connectivity index (χ3n) is 2.07. The fourth-order valence-corrected chi connectivity index (χ4v) is 1.49. The van der Waals surface area contributed by atoms with Crippen LogP contribution in [-0.2, 0) is 0 Å². The summed E-state index contributed by atoms with van der Waals surface area (Å²) in [5.74, 6) is 0.404. The zero-order valence-corrected chi connectivity index (χ0v) is 10.4. The monoisotopic (exact) mass is 258 g/mol. The van der Waals surface area contributed by atoms with E-state index in [1.54, 1.807) is 25.1 Å². The molecule has 0 heterocycles. The summed E-state index contributed by atoms with van der Waals surface area (Å²) in [6, 6.07) is 4.30. The van der Waals surface area contributed by atoms with Crippen molar-refractivity contribution in [2.45, 2.75) is 13.0 Å². The minimum absolute atomic E-state index is 0.125. The van der Waals surface area contributed by atoms with Gasteiger partial charge in [0.15, 0.2) is 5.75 Å². The van der Waals surface area contributed by atoms with Gasteiger partial charge in [0.05, 0.1) is 30.5 Å². The first-order valence-electron chi connectivity index (χ1n) is 5.09. The van der Waals surface area contributed by atoms with E-state index in [2.05, 4.69) is 10.6 Å². The SMILES string of the molecule is COc1c(Cl)cccc1NC(=O)NC(C)CO. The standard InChI is InChI=1S/C11H15ClN2O3/c1-7(6-15)13-11(16)14-9-5-3-4-8(12)10(9)17-2/h3-5,7,15H,6H2,1-2H3,(H2,13,14,16). The van der Waals surface area contributed by atoms with Gasteiger partial charge in [0.2, 0.25) is 0 Å². The number of ether oxygens (including phenoxy) is 1. The van der Waals surface area contributed by atoms with Crippen molar-refractivity contribution in [2.75, 3.05) is 19.0 Å². The Labute approximate surface area is 105 Å². The number of nitrogens with one attached hydrogen (secondary N) is 2. The van der Waals surface area contributed by atoms with E-state index in [0.717, 1.165) is 0 Å². The van der Waals surface area contributed by atoms with Crippen LogP contribution >= 0.6 is 11.6 Å². The van der Waals surface area contributed by atoms with Gasteiger partial charge in [-0.15, -0.1) is 0 Å². The van der Waals surface area contributed by atoms with E-state index in [0.29, 0.717) is 16.5 Å². The van der Waals surface area contributed by atoms with Crippen LogP contribution in [0.2, 0.25) is 5.02 Å². The van der Waals surface area contributed by atoms with Gasteiger partial charge in [-0.2, -0.15) is 0 Å². The van der Waals surface area contributed by atoms with Crippen molar-refractivity contribution in [3.05, 3.63) is 23.2 Å². The first kappa shape index (κ1) is 13.6. The molecule has 0 aliphatic carbocycles. The molecule has 0 spiro atoms. The van der Waals surface area contributed by atoms with Crippen LogP contribution in [-0.4, -0.2) is 30.9 Å². The molecule has 17 heavy (non-hydrogen) atoms. The Hall–Kier alpha value is -1.46. The van der Waals surface area contributed by atoms with Crippen molar-refractivity contribution < 1.29 is 14.6 Å². The second-order valence-electron chi connectivity index (χ2n) is 3.50. The average Bonchev–Trinajstić information content (AvgIpc) is 2.29. The minimum Gasteiger partial charge on any atom is -0.493 e. The Morgan fingerprint density at radius 1 is 1.59 bits per heavy atom. The third kappa shape index (κ3) is 3.80. The first-order chi connectivity index (χ1) is 8.08. The van der Waals surface area contributed by atoms with E-state index in [4.69, 9.17) is 21.4 Å². The maximum absolute atomic E-state index is 11.5. The summed E-state index contributed by atoms with van der Waals surface area (Å²) in [5.41, 5.74) is 0.475. The van der Waals surface area contributed by atoms with Gasteiger partial charge in [0.1, 0.15) is 0 Å². The molecule has 0 saturated carbocycles. The van der Waals surface area contributed by atoms with Crippen molar-refractivity contribution in [3.8, 4) is 5.75 Å². The summed E-state index contributed by atoms with van der Waals surface area (Å²) in [6.07, 6.45) is 0. The first-order valence-corrected chi connectivity index (χ1v) is 5.47. The summed E-state index contributed by atoms with van der Waals surface area (Å²) < 4.78 is 5.08. The predicted molar refractivity (Wildman–Crippen MR) is 66.7 cm³/mol.